The van der Waals surface area contributed by atoms with Gasteiger partial charge < -0.3 is 25.4 Å². The van der Waals surface area contributed by atoms with Gasteiger partial charge >= 0.3 is 6.61 Å². The summed E-state index contributed by atoms with van der Waals surface area (Å²) in [6, 6.07) is 10.7. The number of ether oxygens (including phenoxy) is 2. The molecule has 2 amide bonds. The number of methoxy groups -OCH3 is 1. The number of rotatable bonds is 8. The molecular formula is C20H18F2N4O4S. The maximum Gasteiger partial charge on any atom is 0.387 e. The van der Waals surface area contributed by atoms with E-state index in [1.807, 2.05) is 0 Å². The molecule has 31 heavy (non-hydrogen) atoms. The molecule has 0 saturated heterocycles. The second kappa shape index (κ2) is 9.85. The lowest BCUT2D eigenvalue weighted by Crippen LogP contribution is -2.14. The lowest BCUT2D eigenvalue weighted by Gasteiger charge is -2.11. The summed E-state index contributed by atoms with van der Waals surface area (Å²) in [6.07, 6.45) is 0. The summed E-state index contributed by atoms with van der Waals surface area (Å²) in [7, 11) is 1.46. The van der Waals surface area contributed by atoms with Gasteiger partial charge in [0, 0.05) is 23.7 Å². The molecule has 0 aliphatic carbocycles. The molecule has 0 radical (unpaired) electrons. The zero-order valence-corrected chi connectivity index (χ0v) is 17.3. The zero-order chi connectivity index (χ0) is 22.4. The second-order valence-electron chi connectivity index (χ2n) is 6.12. The third-order valence-electron chi connectivity index (χ3n) is 3.84. The summed E-state index contributed by atoms with van der Waals surface area (Å²) in [4.78, 5) is 28.1. The van der Waals surface area contributed by atoms with Crippen molar-refractivity contribution in [1.29, 1.82) is 0 Å². The van der Waals surface area contributed by atoms with E-state index in [9.17, 15) is 18.4 Å². The molecule has 2 aromatic carbocycles. The van der Waals surface area contributed by atoms with Crippen molar-refractivity contribution in [3.8, 4) is 11.5 Å². The first-order valence-corrected chi connectivity index (χ1v) is 9.76. The fraction of sp³-hybridized carbons (Fsp3) is 0.150. The number of alkyl halides is 2. The van der Waals surface area contributed by atoms with Crippen molar-refractivity contribution >= 4 is 45.3 Å². The highest BCUT2D eigenvalue weighted by molar-refractivity contribution is 7.14. The van der Waals surface area contributed by atoms with Gasteiger partial charge in [-0.3, -0.25) is 9.59 Å². The summed E-state index contributed by atoms with van der Waals surface area (Å²) in [5, 5.41) is 10.3. The quantitative estimate of drug-likeness (QED) is 0.462. The molecule has 0 bridgehead atoms. The Morgan fingerprint density at radius 1 is 1.06 bits per heavy atom. The van der Waals surface area contributed by atoms with Crippen molar-refractivity contribution in [2.75, 3.05) is 23.1 Å². The third-order valence-corrected chi connectivity index (χ3v) is 4.59. The largest absolute Gasteiger partial charge is 0.495 e. The summed E-state index contributed by atoms with van der Waals surface area (Å²) >= 11 is 1.20. The van der Waals surface area contributed by atoms with Crippen LogP contribution in [0.15, 0.2) is 47.8 Å². The van der Waals surface area contributed by atoms with Crippen LogP contribution in [0, 0.1) is 0 Å². The number of amides is 2. The van der Waals surface area contributed by atoms with E-state index in [2.05, 4.69) is 25.7 Å². The minimum atomic E-state index is -2.89. The highest BCUT2D eigenvalue weighted by atomic mass is 32.1. The first-order chi connectivity index (χ1) is 14.8. The first-order valence-electron chi connectivity index (χ1n) is 8.88. The van der Waals surface area contributed by atoms with Crippen LogP contribution in [0.25, 0.3) is 0 Å². The van der Waals surface area contributed by atoms with Gasteiger partial charge in [0.15, 0.2) is 5.13 Å². The van der Waals surface area contributed by atoms with Crippen LogP contribution < -0.4 is 25.4 Å². The Labute approximate surface area is 180 Å². The Kier molecular flexibility index (Phi) is 6.98. The summed E-state index contributed by atoms with van der Waals surface area (Å²) in [5.41, 5.74) is 1.63. The lowest BCUT2D eigenvalue weighted by atomic mass is 10.2. The molecule has 162 valence electrons. The number of benzene rings is 2. The van der Waals surface area contributed by atoms with Crippen molar-refractivity contribution in [3.63, 3.8) is 0 Å². The normalized spacial score (nSPS) is 10.5. The molecule has 8 nitrogen and oxygen atoms in total. The molecule has 0 aliphatic heterocycles. The summed E-state index contributed by atoms with van der Waals surface area (Å²) < 4.78 is 34.0. The van der Waals surface area contributed by atoms with Gasteiger partial charge in [-0.25, -0.2) is 4.98 Å². The SMILES string of the molecule is COc1ccc(NC(C)=O)cc1NC(=O)c1csc(Nc2ccc(OC(F)F)cc2)n1. The standard InChI is InChI=1S/C20H18F2N4O4S/c1-11(27)23-13-5-8-17(29-2)15(9-13)25-18(28)16-10-31-20(26-16)24-12-3-6-14(7-4-12)30-19(21)22/h3-10,19H,1-2H3,(H,23,27)(H,24,26)(H,25,28). The number of nitrogens with zero attached hydrogens (tertiary/aromatic N) is 1. The number of carbonyl (C=O) groups is 2. The van der Waals surface area contributed by atoms with Crippen LogP contribution in [-0.4, -0.2) is 30.5 Å². The number of hydrogen-bond donors (Lipinski definition) is 3. The molecule has 0 spiro atoms. The van der Waals surface area contributed by atoms with E-state index in [0.717, 1.165) is 0 Å². The monoisotopic (exact) mass is 448 g/mol. The molecule has 0 unspecified atom stereocenters. The van der Waals surface area contributed by atoms with Gasteiger partial charge in [-0.15, -0.1) is 11.3 Å². The van der Waals surface area contributed by atoms with Gasteiger partial charge in [0.25, 0.3) is 5.91 Å². The van der Waals surface area contributed by atoms with Crippen molar-refractivity contribution in [1.82, 2.24) is 4.98 Å². The van der Waals surface area contributed by atoms with E-state index in [4.69, 9.17) is 4.74 Å². The minimum Gasteiger partial charge on any atom is -0.495 e. The molecule has 1 heterocycles. The Morgan fingerprint density at radius 3 is 2.42 bits per heavy atom. The van der Waals surface area contributed by atoms with Crippen LogP contribution in [0.2, 0.25) is 0 Å². The molecule has 0 fully saturated rings. The number of carbonyl (C=O) groups excluding carboxylic acids is 2. The van der Waals surface area contributed by atoms with Crippen LogP contribution in [-0.2, 0) is 4.79 Å². The van der Waals surface area contributed by atoms with Gasteiger partial charge in [0.05, 0.1) is 12.8 Å². The average molecular weight is 448 g/mol. The fourth-order valence-corrected chi connectivity index (χ4v) is 3.26. The second-order valence-corrected chi connectivity index (χ2v) is 6.97. The van der Waals surface area contributed by atoms with E-state index < -0.39 is 12.5 Å². The fourth-order valence-electron chi connectivity index (χ4n) is 2.55. The van der Waals surface area contributed by atoms with Crippen LogP contribution in [0.3, 0.4) is 0 Å². The molecule has 0 aliphatic rings. The topological polar surface area (TPSA) is 102 Å². The van der Waals surface area contributed by atoms with Crippen molar-refractivity contribution < 1.29 is 27.8 Å². The minimum absolute atomic E-state index is 0.0372. The molecule has 0 atom stereocenters. The molecule has 3 N–H and O–H groups in total. The van der Waals surface area contributed by atoms with Crippen molar-refractivity contribution in [3.05, 3.63) is 53.5 Å². The Bertz CT molecular complexity index is 1070. The summed E-state index contributed by atoms with van der Waals surface area (Å²) in [6.45, 7) is -1.51. The van der Waals surface area contributed by atoms with Gasteiger partial charge in [0.1, 0.15) is 17.2 Å². The first kappa shape index (κ1) is 22.0. The van der Waals surface area contributed by atoms with E-state index in [0.29, 0.717) is 27.9 Å². The van der Waals surface area contributed by atoms with Crippen LogP contribution in [0.4, 0.5) is 31.0 Å². The predicted molar refractivity (Wildman–Crippen MR) is 114 cm³/mol. The zero-order valence-electron chi connectivity index (χ0n) is 16.4. The maximum absolute atomic E-state index is 12.6. The van der Waals surface area contributed by atoms with E-state index in [-0.39, 0.29) is 17.4 Å². The smallest absolute Gasteiger partial charge is 0.387 e. The summed E-state index contributed by atoms with van der Waals surface area (Å²) in [5.74, 6) is -0.257. The lowest BCUT2D eigenvalue weighted by molar-refractivity contribution is -0.114. The van der Waals surface area contributed by atoms with Crippen LogP contribution >= 0.6 is 11.3 Å². The molecule has 11 heteroatoms. The Balaban J connectivity index is 1.68. The Morgan fingerprint density at radius 2 is 1.77 bits per heavy atom. The maximum atomic E-state index is 12.6. The highest BCUT2D eigenvalue weighted by Gasteiger charge is 2.15. The van der Waals surface area contributed by atoms with E-state index in [1.165, 1.54) is 37.5 Å². The van der Waals surface area contributed by atoms with Crippen LogP contribution in [0.1, 0.15) is 17.4 Å². The Hall–Kier alpha value is -3.73. The average Bonchev–Trinajstić information content (AvgIpc) is 3.17. The van der Waals surface area contributed by atoms with Gasteiger partial charge in [0.2, 0.25) is 5.91 Å². The van der Waals surface area contributed by atoms with Crippen LogP contribution in [0.5, 0.6) is 11.5 Å². The molecular weight excluding hydrogens is 430 g/mol. The van der Waals surface area contributed by atoms with E-state index >= 15 is 0 Å². The van der Waals surface area contributed by atoms with Gasteiger partial charge in [-0.05, 0) is 42.5 Å². The number of anilines is 4. The highest BCUT2D eigenvalue weighted by Crippen LogP contribution is 2.29. The number of hydrogen-bond acceptors (Lipinski definition) is 7. The number of halogens is 2. The van der Waals surface area contributed by atoms with Gasteiger partial charge in [-0.1, -0.05) is 0 Å². The molecule has 1 aromatic heterocycles. The molecule has 0 saturated carbocycles. The predicted octanol–water partition coefficient (Wildman–Crippen LogP) is 4.71. The van der Waals surface area contributed by atoms with Gasteiger partial charge in [-0.2, -0.15) is 8.78 Å². The van der Waals surface area contributed by atoms with Crippen molar-refractivity contribution in [2.45, 2.75) is 13.5 Å². The van der Waals surface area contributed by atoms with Crippen molar-refractivity contribution in [2.24, 2.45) is 0 Å². The third kappa shape index (κ3) is 6.12. The number of thiazole rings is 1. The number of nitrogens with one attached hydrogen (secondary N) is 3. The molecule has 3 aromatic rings. The van der Waals surface area contributed by atoms with E-state index in [1.54, 1.807) is 35.7 Å². The molecule has 3 rings (SSSR count). The number of aromatic nitrogens is 1.